The average molecular weight is 325 g/mol. The third-order valence-corrected chi connectivity index (χ3v) is 3.34. The Morgan fingerprint density at radius 2 is 1.61 bits per heavy atom. The molecule has 0 fully saturated rings. The third-order valence-electron chi connectivity index (χ3n) is 3.34. The van der Waals surface area contributed by atoms with E-state index in [-0.39, 0.29) is 18.2 Å². The number of methoxy groups -OCH3 is 3. The molecule has 1 aromatic rings. The highest BCUT2D eigenvalue weighted by molar-refractivity contribution is 5.85. The van der Waals surface area contributed by atoms with Crippen LogP contribution >= 0.6 is 0 Å². The second-order valence-corrected chi connectivity index (χ2v) is 5.34. The first-order valence-electron chi connectivity index (χ1n) is 7.15. The standard InChI is InChI=1S/C16H23NO6/c1-9(2)14(16(19)20)17-13(18)8-10-6-11(21-3)15(23-5)12(7-10)22-4/h6-7,9,14H,8H2,1-5H3,(H,17,18)(H,19,20)/t14-/m0/s1. The van der Waals surface area contributed by atoms with Crippen LogP contribution in [0.5, 0.6) is 17.2 Å². The molecule has 0 spiro atoms. The predicted molar refractivity (Wildman–Crippen MR) is 84.2 cm³/mol. The van der Waals surface area contributed by atoms with Gasteiger partial charge in [-0.15, -0.1) is 0 Å². The van der Waals surface area contributed by atoms with Crippen LogP contribution in [0.1, 0.15) is 19.4 Å². The highest BCUT2D eigenvalue weighted by Crippen LogP contribution is 2.38. The van der Waals surface area contributed by atoms with Gasteiger partial charge in [-0.3, -0.25) is 4.79 Å². The first kappa shape index (κ1) is 18.6. The van der Waals surface area contributed by atoms with Crippen LogP contribution in [0.15, 0.2) is 12.1 Å². The Balaban J connectivity index is 2.96. The van der Waals surface area contributed by atoms with E-state index in [0.29, 0.717) is 22.8 Å². The zero-order valence-corrected chi connectivity index (χ0v) is 14.0. The van der Waals surface area contributed by atoms with Crippen molar-refractivity contribution in [3.05, 3.63) is 17.7 Å². The summed E-state index contributed by atoms with van der Waals surface area (Å²) in [6.45, 7) is 3.47. The number of aliphatic carboxylic acids is 1. The minimum Gasteiger partial charge on any atom is -0.493 e. The van der Waals surface area contributed by atoms with E-state index in [1.54, 1.807) is 26.0 Å². The van der Waals surface area contributed by atoms with E-state index >= 15 is 0 Å². The van der Waals surface area contributed by atoms with Gasteiger partial charge in [-0.25, -0.2) is 4.79 Å². The third kappa shape index (κ3) is 4.77. The van der Waals surface area contributed by atoms with Gasteiger partial charge in [0, 0.05) is 0 Å². The summed E-state index contributed by atoms with van der Waals surface area (Å²) in [5.41, 5.74) is 0.630. The van der Waals surface area contributed by atoms with E-state index in [2.05, 4.69) is 5.32 Å². The van der Waals surface area contributed by atoms with Gasteiger partial charge in [0.05, 0.1) is 27.8 Å². The first-order chi connectivity index (χ1) is 10.8. The number of rotatable bonds is 8. The lowest BCUT2D eigenvalue weighted by atomic mass is 10.0. The van der Waals surface area contributed by atoms with Crippen LogP contribution in [-0.4, -0.2) is 44.4 Å². The first-order valence-corrected chi connectivity index (χ1v) is 7.15. The van der Waals surface area contributed by atoms with Gasteiger partial charge >= 0.3 is 5.97 Å². The van der Waals surface area contributed by atoms with Gasteiger partial charge < -0.3 is 24.6 Å². The van der Waals surface area contributed by atoms with Crippen molar-refractivity contribution in [2.24, 2.45) is 5.92 Å². The number of nitrogens with one attached hydrogen (secondary N) is 1. The van der Waals surface area contributed by atoms with Crippen LogP contribution in [0.3, 0.4) is 0 Å². The van der Waals surface area contributed by atoms with Crippen molar-refractivity contribution in [3.8, 4) is 17.2 Å². The SMILES string of the molecule is COc1cc(CC(=O)N[C@H](C(=O)O)C(C)C)cc(OC)c1OC. The van der Waals surface area contributed by atoms with Crippen molar-refractivity contribution in [1.29, 1.82) is 0 Å². The van der Waals surface area contributed by atoms with Crippen molar-refractivity contribution in [2.75, 3.05) is 21.3 Å². The molecular formula is C16H23NO6. The van der Waals surface area contributed by atoms with Gasteiger partial charge in [0.25, 0.3) is 0 Å². The summed E-state index contributed by atoms with van der Waals surface area (Å²) in [5.74, 6) is -0.346. The molecule has 0 aliphatic heterocycles. The van der Waals surface area contributed by atoms with Gasteiger partial charge in [0.15, 0.2) is 11.5 Å². The molecule has 7 nitrogen and oxygen atoms in total. The second kappa shape index (κ2) is 8.26. The molecule has 0 unspecified atom stereocenters. The van der Waals surface area contributed by atoms with E-state index < -0.39 is 12.0 Å². The normalized spacial score (nSPS) is 11.7. The molecule has 0 saturated carbocycles. The fraction of sp³-hybridized carbons (Fsp3) is 0.500. The molecule has 0 radical (unpaired) electrons. The lowest BCUT2D eigenvalue weighted by molar-refractivity contribution is -0.143. The summed E-state index contributed by atoms with van der Waals surface area (Å²) in [6, 6.07) is 2.39. The monoisotopic (exact) mass is 325 g/mol. The summed E-state index contributed by atoms with van der Waals surface area (Å²) < 4.78 is 15.7. The van der Waals surface area contributed by atoms with Crippen molar-refractivity contribution >= 4 is 11.9 Å². The van der Waals surface area contributed by atoms with E-state index in [0.717, 1.165) is 0 Å². The number of benzene rings is 1. The Labute approximate surface area is 135 Å². The molecule has 0 aliphatic rings. The van der Waals surface area contributed by atoms with Crippen LogP contribution in [0.25, 0.3) is 0 Å². The Bertz CT molecular complexity index is 545. The molecule has 1 aromatic carbocycles. The zero-order chi connectivity index (χ0) is 17.6. The summed E-state index contributed by atoms with van der Waals surface area (Å²) >= 11 is 0. The highest BCUT2D eigenvalue weighted by atomic mass is 16.5. The second-order valence-electron chi connectivity index (χ2n) is 5.34. The molecule has 0 saturated heterocycles. The fourth-order valence-corrected chi connectivity index (χ4v) is 2.16. The topological polar surface area (TPSA) is 94.1 Å². The predicted octanol–water partition coefficient (Wildman–Crippen LogP) is 1.48. The Morgan fingerprint density at radius 1 is 1.09 bits per heavy atom. The maximum Gasteiger partial charge on any atom is 0.326 e. The number of hydrogen-bond donors (Lipinski definition) is 2. The largest absolute Gasteiger partial charge is 0.493 e. The molecular weight excluding hydrogens is 302 g/mol. The number of carbonyl (C=O) groups excluding carboxylic acids is 1. The number of carbonyl (C=O) groups is 2. The van der Waals surface area contributed by atoms with Crippen molar-refractivity contribution in [1.82, 2.24) is 5.32 Å². The van der Waals surface area contributed by atoms with E-state index in [1.165, 1.54) is 21.3 Å². The summed E-state index contributed by atoms with van der Waals surface area (Å²) in [5, 5.41) is 11.6. The fourth-order valence-electron chi connectivity index (χ4n) is 2.16. The lowest BCUT2D eigenvalue weighted by Gasteiger charge is -2.18. The maximum absolute atomic E-state index is 12.1. The van der Waals surface area contributed by atoms with Gasteiger partial charge in [-0.1, -0.05) is 13.8 Å². The summed E-state index contributed by atoms with van der Waals surface area (Å²) in [7, 11) is 4.47. The zero-order valence-electron chi connectivity index (χ0n) is 14.0. The Morgan fingerprint density at radius 3 is 1.96 bits per heavy atom. The molecule has 0 bridgehead atoms. The van der Waals surface area contributed by atoms with Crippen LogP contribution in [-0.2, 0) is 16.0 Å². The molecule has 0 aliphatic carbocycles. The van der Waals surface area contributed by atoms with Crippen molar-refractivity contribution in [3.63, 3.8) is 0 Å². The smallest absolute Gasteiger partial charge is 0.326 e. The minimum atomic E-state index is -1.06. The van der Waals surface area contributed by atoms with Gasteiger partial charge in [-0.2, -0.15) is 0 Å². The van der Waals surface area contributed by atoms with Crippen LogP contribution < -0.4 is 19.5 Å². The van der Waals surface area contributed by atoms with Crippen LogP contribution in [0.4, 0.5) is 0 Å². The molecule has 1 amide bonds. The molecule has 23 heavy (non-hydrogen) atoms. The van der Waals surface area contributed by atoms with Crippen LogP contribution in [0.2, 0.25) is 0 Å². The lowest BCUT2D eigenvalue weighted by Crippen LogP contribution is -2.44. The van der Waals surface area contributed by atoms with Crippen molar-refractivity contribution in [2.45, 2.75) is 26.3 Å². The highest BCUT2D eigenvalue weighted by Gasteiger charge is 2.24. The molecule has 7 heteroatoms. The summed E-state index contributed by atoms with van der Waals surface area (Å²) in [4.78, 5) is 23.2. The maximum atomic E-state index is 12.1. The number of carboxylic acids is 1. The Hall–Kier alpha value is -2.44. The molecule has 128 valence electrons. The molecule has 0 aromatic heterocycles. The number of carboxylic acid groups (broad SMARTS) is 1. The molecule has 0 heterocycles. The number of hydrogen-bond acceptors (Lipinski definition) is 5. The number of amides is 1. The molecule has 1 rings (SSSR count). The average Bonchev–Trinajstić information content (AvgIpc) is 2.50. The molecule has 2 N–H and O–H groups in total. The van der Waals surface area contributed by atoms with E-state index in [9.17, 15) is 9.59 Å². The minimum absolute atomic E-state index is 0.00716. The van der Waals surface area contributed by atoms with Gasteiger partial charge in [-0.05, 0) is 23.6 Å². The summed E-state index contributed by atoms with van der Waals surface area (Å²) in [6.07, 6.45) is 0.00716. The van der Waals surface area contributed by atoms with E-state index in [4.69, 9.17) is 19.3 Å². The van der Waals surface area contributed by atoms with Crippen molar-refractivity contribution < 1.29 is 28.9 Å². The molecule has 1 atom stereocenters. The number of ether oxygens (including phenoxy) is 3. The van der Waals surface area contributed by atoms with Crippen LogP contribution in [0, 0.1) is 5.92 Å². The van der Waals surface area contributed by atoms with E-state index in [1.807, 2.05) is 0 Å². The Kier molecular flexibility index (Phi) is 6.68. The van der Waals surface area contributed by atoms with Gasteiger partial charge in [0.1, 0.15) is 6.04 Å². The van der Waals surface area contributed by atoms with Gasteiger partial charge in [0.2, 0.25) is 11.7 Å². The quantitative estimate of drug-likeness (QED) is 0.752.